The van der Waals surface area contributed by atoms with Crippen LogP contribution in [0.4, 0.5) is 0 Å². The highest BCUT2D eigenvalue weighted by atomic mass is 32.1. The molecule has 0 aliphatic carbocycles. The van der Waals surface area contributed by atoms with Crippen molar-refractivity contribution in [2.45, 2.75) is 13.5 Å². The predicted molar refractivity (Wildman–Crippen MR) is 84.8 cm³/mol. The Morgan fingerprint density at radius 2 is 2.05 bits per heavy atom. The van der Waals surface area contributed by atoms with Gasteiger partial charge in [-0.15, -0.1) is 11.3 Å². The summed E-state index contributed by atoms with van der Waals surface area (Å²) >= 11 is 1.65. The first-order valence-electron chi connectivity index (χ1n) is 6.58. The average molecular weight is 298 g/mol. The normalized spacial score (nSPS) is 10.7. The van der Waals surface area contributed by atoms with E-state index in [0.29, 0.717) is 6.54 Å². The van der Waals surface area contributed by atoms with Crippen LogP contribution in [-0.4, -0.2) is 10.9 Å². The van der Waals surface area contributed by atoms with Gasteiger partial charge < -0.3 is 10.3 Å². The summed E-state index contributed by atoms with van der Waals surface area (Å²) in [6.45, 7) is 2.19. The molecule has 0 fully saturated rings. The summed E-state index contributed by atoms with van der Waals surface area (Å²) < 4.78 is 1.19. The van der Waals surface area contributed by atoms with Crippen LogP contribution >= 0.6 is 11.3 Å². The van der Waals surface area contributed by atoms with Gasteiger partial charge in [-0.1, -0.05) is 18.2 Å². The van der Waals surface area contributed by atoms with Crippen LogP contribution in [-0.2, 0) is 6.54 Å². The van der Waals surface area contributed by atoms with E-state index in [9.17, 15) is 9.59 Å². The van der Waals surface area contributed by atoms with E-state index in [-0.39, 0.29) is 17.0 Å². The molecule has 0 spiro atoms. The van der Waals surface area contributed by atoms with Crippen LogP contribution in [0.1, 0.15) is 21.6 Å². The van der Waals surface area contributed by atoms with Gasteiger partial charge in [0.05, 0.1) is 0 Å². The van der Waals surface area contributed by atoms with Crippen molar-refractivity contribution >= 4 is 27.3 Å². The van der Waals surface area contributed by atoms with Gasteiger partial charge in [-0.05, 0) is 41.5 Å². The van der Waals surface area contributed by atoms with Crippen LogP contribution in [0.3, 0.4) is 0 Å². The molecule has 4 nitrogen and oxygen atoms in total. The van der Waals surface area contributed by atoms with Crippen LogP contribution in [0, 0.1) is 6.92 Å². The van der Waals surface area contributed by atoms with E-state index in [4.69, 9.17) is 0 Å². The molecule has 2 aromatic heterocycles. The fraction of sp³-hybridized carbons (Fsp3) is 0.125. The van der Waals surface area contributed by atoms with E-state index in [2.05, 4.69) is 16.4 Å². The van der Waals surface area contributed by atoms with E-state index in [1.165, 1.54) is 4.70 Å². The Kier molecular flexibility index (Phi) is 3.58. The standard InChI is InChI=1S/C16H14N2O2S/c1-10-6-7-13(16(20)18-10)15(19)17-8-11-9-21-14-5-3-2-4-12(11)14/h2-7,9H,8H2,1H3,(H,17,19)(H,18,20). The van der Waals surface area contributed by atoms with E-state index >= 15 is 0 Å². The highest BCUT2D eigenvalue weighted by Crippen LogP contribution is 2.25. The van der Waals surface area contributed by atoms with Crippen molar-refractivity contribution < 1.29 is 4.79 Å². The molecule has 0 saturated carbocycles. The van der Waals surface area contributed by atoms with Gasteiger partial charge in [0.15, 0.2) is 0 Å². The first kappa shape index (κ1) is 13.6. The van der Waals surface area contributed by atoms with E-state index < -0.39 is 0 Å². The lowest BCUT2D eigenvalue weighted by atomic mass is 10.1. The molecule has 21 heavy (non-hydrogen) atoms. The minimum atomic E-state index is -0.359. The summed E-state index contributed by atoms with van der Waals surface area (Å²) in [6.07, 6.45) is 0. The minimum Gasteiger partial charge on any atom is -0.348 e. The van der Waals surface area contributed by atoms with Crippen molar-refractivity contribution in [3.8, 4) is 0 Å². The predicted octanol–water partition coefficient (Wildman–Crippen LogP) is 2.83. The number of aromatic nitrogens is 1. The number of aromatic amines is 1. The summed E-state index contributed by atoms with van der Waals surface area (Å²) in [6, 6.07) is 11.3. The maximum Gasteiger partial charge on any atom is 0.260 e. The Morgan fingerprint density at radius 3 is 2.86 bits per heavy atom. The quantitative estimate of drug-likeness (QED) is 0.781. The zero-order valence-electron chi connectivity index (χ0n) is 11.5. The molecule has 0 bridgehead atoms. The Hall–Kier alpha value is -2.40. The number of carbonyl (C=O) groups is 1. The molecule has 3 rings (SSSR count). The molecule has 106 valence electrons. The maximum atomic E-state index is 12.1. The van der Waals surface area contributed by atoms with Crippen molar-refractivity contribution in [2.24, 2.45) is 0 Å². The van der Waals surface area contributed by atoms with Gasteiger partial charge in [-0.25, -0.2) is 0 Å². The van der Waals surface area contributed by atoms with Crippen molar-refractivity contribution in [3.63, 3.8) is 0 Å². The third-order valence-electron chi connectivity index (χ3n) is 3.30. The number of rotatable bonds is 3. The number of amides is 1. The largest absolute Gasteiger partial charge is 0.348 e. The third-order valence-corrected chi connectivity index (χ3v) is 4.31. The number of carbonyl (C=O) groups excluding carboxylic acids is 1. The maximum absolute atomic E-state index is 12.1. The summed E-state index contributed by atoms with van der Waals surface area (Å²) in [5, 5.41) is 5.97. The summed E-state index contributed by atoms with van der Waals surface area (Å²) in [5.41, 5.74) is 1.58. The minimum absolute atomic E-state index is 0.139. The van der Waals surface area contributed by atoms with Crippen LogP contribution in [0.15, 0.2) is 46.6 Å². The van der Waals surface area contributed by atoms with Crippen LogP contribution in [0.5, 0.6) is 0 Å². The molecule has 0 aliphatic rings. The van der Waals surface area contributed by atoms with Crippen LogP contribution in [0.2, 0.25) is 0 Å². The van der Waals surface area contributed by atoms with Crippen molar-refractivity contribution in [1.29, 1.82) is 0 Å². The molecule has 2 N–H and O–H groups in total. The van der Waals surface area contributed by atoms with E-state index in [0.717, 1.165) is 16.6 Å². The first-order valence-corrected chi connectivity index (χ1v) is 7.46. The number of fused-ring (bicyclic) bond motifs is 1. The third kappa shape index (κ3) is 2.73. The Balaban J connectivity index is 1.78. The lowest BCUT2D eigenvalue weighted by molar-refractivity contribution is 0.0949. The average Bonchev–Trinajstić information content (AvgIpc) is 2.88. The lowest BCUT2D eigenvalue weighted by Crippen LogP contribution is -2.29. The Morgan fingerprint density at radius 1 is 1.24 bits per heavy atom. The molecule has 0 radical (unpaired) electrons. The number of hydrogen-bond donors (Lipinski definition) is 2. The number of benzene rings is 1. The number of pyridine rings is 1. The van der Waals surface area contributed by atoms with Gasteiger partial charge in [0.1, 0.15) is 5.56 Å². The molecule has 0 aliphatic heterocycles. The molecule has 5 heteroatoms. The lowest BCUT2D eigenvalue weighted by Gasteiger charge is -2.04. The number of nitrogens with one attached hydrogen (secondary N) is 2. The number of thiophene rings is 1. The van der Waals surface area contributed by atoms with Crippen molar-refractivity contribution in [1.82, 2.24) is 10.3 Å². The van der Waals surface area contributed by atoms with Gasteiger partial charge in [-0.2, -0.15) is 0 Å². The summed E-state index contributed by atoms with van der Waals surface area (Å²) in [7, 11) is 0. The SMILES string of the molecule is Cc1ccc(C(=O)NCc2csc3ccccc23)c(=O)[nH]1. The number of aryl methyl sites for hydroxylation is 1. The zero-order chi connectivity index (χ0) is 14.8. The highest BCUT2D eigenvalue weighted by molar-refractivity contribution is 7.17. The van der Waals surface area contributed by atoms with Crippen LogP contribution < -0.4 is 10.9 Å². The highest BCUT2D eigenvalue weighted by Gasteiger charge is 2.11. The van der Waals surface area contributed by atoms with Crippen molar-refractivity contribution in [3.05, 3.63) is 69.0 Å². The zero-order valence-corrected chi connectivity index (χ0v) is 12.3. The molecular formula is C16H14N2O2S. The van der Waals surface area contributed by atoms with Gasteiger partial charge >= 0.3 is 0 Å². The fourth-order valence-electron chi connectivity index (χ4n) is 2.19. The van der Waals surface area contributed by atoms with Gasteiger partial charge in [0, 0.05) is 16.9 Å². The molecule has 0 unspecified atom stereocenters. The summed E-state index contributed by atoms with van der Waals surface area (Å²) in [5.74, 6) is -0.355. The monoisotopic (exact) mass is 298 g/mol. The van der Waals surface area contributed by atoms with Crippen molar-refractivity contribution in [2.75, 3.05) is 0 Å². The second kappa shape index (κ2) is 5.54. The second-order valence-corrected chi connectivity index (χ2v) is 5.74. The molecule has 1 aromatic carbocycles. The van der Waals surface area contributed by atoms with Crippen LogP contribution in [0.25, 0.3) is 10.1 Å². The summed E-state index contributed by atoms with van der Waals surface area (Å²) in [4.78, 5) is 26.4. The van der Waals surface area contributed by atoms with Gasteiger partial charge in [0.25, 0.3) is 11.5 Å². The first-order chi connectivity index (χ1) is 10.1. The Bertz CT molecular complexity index is 864. The molecule has 0 saturated heterocycles. The molecule has 0 atom stereocenters. The molecule has 3 aromatic rings. The fourth-order valence-corrected chi connectivity index (χ4v) is 3.15. The Labute approximate surface area is 125 Å². The van der Waals surface area contributed by atoms with E-state index in [1.807, 2.05) is 23.6 Å². The topological polar surface area (TPSA) is 62.0 Å². The van der Waals surface area contributed by atoms with Gasteiger partial charge in [-0.3, -0.25) is 9.59 Å². The van der Waals surface area contributed by atoms with Gasteiger partial charge in [0.2, 0.25) is 0 Å². The molecule has 2 heterocycles. The molecule has 1 amide bonds. The number of hydrogen-bond acceptors (Lipinski definition) is 3. The molecular weight excluding hydrogens is 284 g/mol. The second-order valence-electron chi connectivity index (χ2n) is 4.82. The smallest absolute Gasteiger partial charge is 0.260 e. The number of H-pyrrole nitrogens is 1. The van der Waals surface area contributed by atoms with E-state index in [1.54, 1.807) is 30.4 Å².